The van der Waals surface area contributed by atoms with Crippen LogP contribution >= 0.6 is 0 Å². The Kier molecular flexibility index (Phi) is 5.26. The second-order valence-electron chi connectivity index (χ2n) is 5.64. The number of pyridine rings is 1. The van der Waals surface area contributed by atoms with E-state index in [-0.39, 0.29) is 11.6 Å². The number of methoxy groups -OCH3 is 1. The normalized spacial score (nSPS) is 10.6. The van der Waals surface area contributed by atoms with Crippen LogP contribution in [0.5, 0.6) is 11.6 Å². The molecule has 1 heterocycles. The van der Waals surface area contributed by atoms with Crippen molar-refractivity contribution in [3.8, 4) is 22.9 Å². The molecular formula is C20H19FN2O2. The zero-order valence-corrected chi connectivity index (χ0v) is 13.9. The molecule has 0 aliphatic carbocycles. The molecule has 0 amide bonds. The van der Waals surface area contributed by atoms with Crippen molar-refractivity contribution >= 4 is 0 Å². The Morgan fingerprint density at radius 3 is 2.60 bits per heavy atom. The van der Waals surface area contributed by atoms with E-state index in [1.807, 2.05) is 24.3 Å². The lowest BCUT2D eigenvalue weighted by Crippen LogP contribution is -2.12. The van der Waals surface area contributed by atoms with Crippen LogP contribution in [0.2, 0.25) is 0 Å². The maximum absolute atomic E-state index is 12.9. The van der Waals surface area contributed by atoms with Crippen molar-refractivity contribution in [2.45, 2.75) is 13.1 Å². The van der Waals surface area contributed by atoms with Gasteiger partial charge in [0.05, 0.1) is 12.8 Å². The van der Waals surface area contributed by atoms with Gasteiger partial charge in [0.2, 0.25) is 5.88 Å². The molecule has 25 heavy (non-hydrogen) atoms. The topological polar surface area (TPSA) is 54.4 Å². The van der Waals surface area contributed by atoms with Crippen molar-refractivity contribution in [3.63, 3.8) is 0 Å². The molecule has 0 spiro atoms. The summed E-state index contributed by atoms with van der Waals surface area (Å²) in [6.07, 6.45) is 0. The molecule has 4 nitrogen and oxygen atoms in total. The van der Waals surface area contributed by atoms with Crippen molar-refractivity contribution in [1.29, 1.82) is 0 Å². The lowest BCUT2D eigenvalue weighted by Gasteiger charge is -2.10. The number of phenols is 1. The number of hydrogen-bond acceptors (Lipinski definition) is 4. The summed E-state index contributed by atoms with van der Waals surface area (Å²) in [4.78, 5) is 4.41. The van der Waals surface area contributed by atoms with Gasteiger partial charge in [-0.05, 0) is 42.0 Å². The van der Waals surface area contributed by atoms with Crippen molar-refractivity contribution in [3.05, 3.63) is 77.6 Å². The Morgan fingerprint density at radius 2 is 1.84 bits per heavy atom. The van der Waals surface area contributed by atoms with Crippen LogP contribution in [0.4, 0.5) is 4.39 Å². The van der Waals surface area contributed by atoms with Crippen molar-refractivity contribution < 1.29 is 14.2 Å². The third-order valence-corrected chi connectivity index (χ3v) is 3.87. The predicted octanol–water partition coefficient (Wildman–Crippen LogP) is 3.89. The fourth-order valence-electron chi connectivity index (χ4n) is 2.52. The Morgan fingerprint density at radius 1 is 1.04 bits per heavy atom. The molecular weight excluding hydrogens is 319 g/mol. The molecule has 0 aliphatic heterocycles. The molecule has 1 aromatic heterocycles. The van der Waals surface area contributed by atoms with E-state index in [4.69, 9.17) is 4.74 Å². The summed E-state index contributed by atoms with van der Waals surface area (Å²) in [5.41, 5.74) is 3.42. The molecule has 0 aliphatic rings. The van der Waals surface area contributed by atoms with E-state index >= 15 is 0 Å². The fraction of sp³-hybridized carbons (Fsp3) is 0.150. The van der Waals surface area contributed by atoms with E-state index in [2.05, 4.69) is 10.3 Å². The Labute approximate surface area is 145 Å². The number of benzene rings is 2. The molecule has 0 unspecified atom stereocenters. The molecule has 2 aromatic carbocycles. The van der Waals surface area contributed by atoms with Gasteiger partial charge in [0, 0.05) is 30.3 Å². The van der Waals surface area contributed by atoms with Crippen LogP contribution < -0.4 is 10.1 Å². The minimum Gasteiger partial charge on any atom is -0.508 e. The second kappa shape index (κ2) is 7.77. The number of rotatable bonds is 6. The second-order valence-corrected chi connectivity index (χ2v) is 5.64. The summed E-state index contributed by atoms with van der Waals surface area (Å²) >= 11 is 0. The quantitative estimate of drug-likeness (QED) is 0.716. The maximum atomic E-state index is 12.9. The molecule has 2 N–H and O–H groups in total. The number of ether oxygens (including phenoxy) is 1. The van der Waals surface area contributed by atoms with Gasteiger partial charge in [-0.2, -0.15) is 0 Å². The highest BCUT2D eigenvalue weighted by molar-refractivity contribution is 5.62. The third-order valence-electron chi connectivity index (χ3n) is 3.87. The van der Waals surface area contributed by atoms with Gasteiger partial charge in [0.1, 0.15) is 11.6 Å². The van der Waals surface area contributed by atoms with Crippen molar-refractivity contribution in [2.75, 3.05) is 7.11 Å². The summed E-state index contributed by atoms with van der Waals surface area (Å²) in [6, 6.07) is 17.3. The van der Waals surface area contributed by atoms with Crippen LogP contribution in [0.3, 0.4) is 0 Å². The first-order valence-electron chi connectivity index (χ1n) is 7.94. The molecule has 0 bridgehead atoms. The monoisotopic (exact) mass is 338 g/mol. The molecule has 5 heteroatoms. The summed E-state index contributed by atoms with van der Waals surface area (Å²) in [7, 11) is 1.58. The van der Waals surface area contributed by atoms with Gasteiger partial charge >= 0.3 is 0 Å². The van der Waals surface area contributed by atoms with E-state index < -0.39 is 0 Å². The van der Waals surface area contributed by atoms with Crippen LogP contribution in [-0.4, -0.2) is 17.2 Å². The Balaban J connectivity index is 1.71. The lowest BCUT2D eigenvalue weighted by molar-refractivity contribution is 0.398. The maximum Gasteiger partial charge on any atom is 0.213 e. The van der Waals surface area contributed by atoms with Crippen LogP contribution in [0.15, 0.2) is 60.7 Å². The van der Waals surface area contributed by atoms with E-state index in [0.717, 1.165) is 22.4 Å². The summed E-state index contributed by atoms with van der Waals surface area (Å²) in [5.74, 6) is 0.514. The fourth-order valence-corrected chi connectivity index (χ4v) is 2.52. The van der Waals surface area contributed by atoms with Gasteiger partial charge in [-0.1, -0.05) is 18.2 Å². The lowest BCUT2D eigenvalue weighted by atomic mass is 10.1. The summed E-state index contributed by atoms with van der Waals surface area (Å²) in [5, 5.41) is 13.3. The molecule has 3 aromatic rings. The standard InChI is InChI=1S/C20H19FN2O2/c1-25-20-4-2-3-18(23-20)15-7-10-19(24)16(11-15)13-22-12-14-5-8-17(21)9-6-14/h2-11,22,24H,12-13H2,1H3. The number of aromatic nitrogens is 1. The Hall–Kier alpha value is -2.92. The summed E-state index contributed by atoms with van der Waals surface area (Å²) < 4.78 is 18.1. The highest BCUT2D eigenvalue weighted by atomic mass is 19.1. The number of nitrogens with zero attached hydrogens (tertiary/aromatic N) is 1. The largest absolute Gasteiger partial charge is 0.508 e. The molecule has 0 saturated heterocycles. The molecule has 0 saturated carbocycles. The first-order chi connectivity index (χ1) is 12.2. The van der Waals surface area contributed by atoms with Gasteiger partial charge < -0.3 is 15.2 Å². The third kappa shape index (κ3) is 4.33. The Bertz CT molecular complexity index is 851. The zero-order valence-electron chi connectivity index (χ0n) is 13.9. The highest BCUT2D eigenvalue weighted by Crippen LogP contribution is 2.26. The van der Waals surface area contributed by atoms with Gasteiger partial charge in [-0.25, -0.2) is 9.37 Å². The number of hydrogen-bond donors (Lipinski definition) is 2. The average Bonchev–Trinajstić information content (AvgIpc) is 2.65. The molecule has 128 valence electrons. The first kappa shape index (κ1) is 16.9. The molecule has 0 radical (unpaired) electrons. The average molecular weight is 338 g/mol. The van der Waals surface area contributed by atoms with Crippen LogP contribution in [-0.2, 0) is 13.1 Å². The minimum atomic E-state index is -0.250. The summed E-state index contributed by atoms with van der Waals surface area (Å²) in [6.45, 7) is 1.07. The number of nitrogens with one attached hydrogen (secondary N) is 1. The van der Waals surface area contributed by atoms with Crippen molar-refractivity contribution in [1.82, 2.24) is 10.3 Å². The van der Waals surface area contributed by atoms with Crippen LogP contribution in [0.25, 0.3) is 11.3 Å². The van der Waals surface area contributed by atoms with Crippen LogP contribution in [0, 0.1) is 5.82 Å². The SMILES string of the molecule is COc1cccc(-c2ccc(O)c(CNCc3ccc(F)cc3)c2)n1. The van der Waals surface area contributed by atoms with E-state index in [0.29, 0.717) is 19.0 Å². The highest BCUT2D eigenvalue weighted by Gasteiger charge is 2.07. The van der Waals surface area contributed by atoms with Crippen LogP contribution in [0.1, 0.15) is 11.1 Å². The van der Waals surface area contributed by atoms with Gasteiger partial charge in [-0.15, -0.1) is 0 Å². The molecule has 3 rings (SSSR count). The minimum absolute atomic E-state index is 0.221. The van der Waals surface area contributed by atoms with E-state index in [1.165, 1.54) is 12.1 Å². The van der Waals surface area contributed by atoms with Crippen molar-refractivity contribution in [2.24, 2.45) is 0 Å². The van der Waals surface area contributed by atoms with Gasteiger partial charge in [-0.3, -0.25) is 0 Å². The molecule has 0 fully saturated rings. The number of phenolic OH excluding ortho intramolecular Hbond substituents is 1. The van der Waals surface area contributed by atoms with Gasteiger partial charge in [0.25, 0.3) is 0 Å². The zero-order chi connectivity index (χ0) is 17.6. The van der Waals surface area contributed by atoms with Gasteiger partial charge in [0.15, 0.2) is 0 Å². The number of halogens is 1. The van der Waals surface area contributed by atoms with E-state index in [9.17, 15) is 9.50 Å². The van der Waals surface area contributed by atoms with E-state index in [1.54, 1.807) is 31.4 Å². The molecule has 0 atom stereocenters. The number of aromatic hydroxyl groups is 1. The first-order valence-corrected chi connectivity index (χ1v) is 7.94. The predicted molar refractivity (Wildman–Crippen MR) is 94.8 cm³/mol. The smallest absolute Gasteiger partial charge is 0.213 e.